The van der Waals surface area contributed by atoms with Crippen LogP contribution in [0.4, 0.5) is 4.39 Å². The van der Waals surface area contributed by atoms with E-state index >= 15 is 0 Å². The molecule has 4 nitrogen and oxygen atoms in total. The Kier molecular flexibility index (Phi) is 4.52. The Morgan fingerprint density at radius 1 is 1.17 bits per heavy atom. The number of hydrogen-bond donors (Lipinski definition) is 0. The lowest BCUT2D eigenvalue weighted by atomic mass is 10.0. The van der Waals surface area contributed by atoms with Crippen molar-refractivity contribution in [3.63, 3.8) is 0 Å². The minimum absolute atomic E-state index is 0.00196. The number of benzene rings is 2. The Labute approximate surface area is 136 Å². The average molecular weight is 328 g/mol. The van der Waals surface area contributed by atoms with Crippen molar-refractivity contribution in [2.24, 2.45) is 0 Å². The molecule has 3 aromatic rings. The fourth-order valence-electron chi connectivity index (χ4n) is 2.17. The van der Waals surface area contributed by atoms with Gasteiger partial charge in [-0.05, 0) is 36.1 Å². The van der Waals surface area contributed by atoms with E-state index in [1.54, 1.807) is 23.9 Å². The van der Waals surface area contributed by atoms with Crippen molar-refractivity contribution in [2.45, 2.75) is 5.75 Å². The van der Waals surface area contributed by atoms with E-state index in [2.05, 4.69) is 10.1 Å². The lowest BCUT2D eigenvalue weighted by Gasteiger charge is -2.04. The molecule has 116 valence electrons. The molecule has 0 saturated heterocycles. The highest BCUT2D eigenvalue weighted by molar-refractivity contribution is 7.97. The van der Waals surface area contributed by atoms with Crippen molar-refractivity contribution >= 4 is 17.5 Å². The Bertz CT molecular complexity index is 831. The molecule has 0 unspecified atom stereocenters. The van der Waals surface area contributed by atoms with Crippen LogP contribution in [0, 0.1) is 5.82 Å². The quantitative estimate of drug-likeness (QED) is 0.663. The van der Waals surface area contributed by atoms with Crippen molar-refractivity contribution in [1.82, 2.24) is 10.1 Å². The second-order valence-corrected chi connectivity index (χ2v) is 5.72. The van der Waals surface area contributed by atoms with E-state index in [0.717, 1.165) is 11.3 Å². The lowest BCUT2D eigenvalue weighted by Crippen LogP contribution is -2.06. The van der Waals surface area contributed by atoms with Gasteiger partial charge in [0.1, 0.15) is 5.82 Å². The molecule has 6 heteroatoms. The summed E-state index contributed by atoms with van der Waals surface area (Å²) < 4.78 is 18.1. The average Bonchev–Trinajstić information content (AvgIpc) is 3.06. The number of ketones is 1. The highest BCUT2D eigenvalue weighted by atomic mass is 32.2. The highest BCUT2D eigenvalue weighted by Gasteiger charge is 2.19. The fraction of sp³-hybridized carbons (Fsp3) is 0.118. The van der Waals surface area contributed by atoms with Crippen molar-refractivity contribution in [2.75, 3.05) is 6.26 Å². The molecule has 0 saturated carbocycles. The molecule has 0 bridgehead atoms. The molecule has 1 aromatic heterocycles. The van der Waals surface area contributed by atoms with E-state index in [-0.39, 0.29) is 23.3 Å². The van der Waals surface area contributed by atoms with Gasteiger partial charge in [-0.15, -0.1) is 0 Å². The summed E-state index contributed by atoms with van der Waals surface area (Å²) in [5.74, 6) is 0.279. The third kappa shape index (κ3) is 3.32. The summed E-state index contributed by atoms with van der Waals surface area (Å²) >= 11 is 1.63. The Morgan fingerprint density at radius 3 is 2.65 bits per heavy atom. The molecule has 0 atom stereocenters. The van der Waals surface area contributed by atoms with Crippen molar-refractivity contribution in [3.8, 4) is 11.5 Å². The second-order valence-electron chi connectivity index (χ2n) is 4.85. The second kappa shape index (κ2) is 6.75. The van der Waals surface area contributed by atoms with Gasteiger partial charge in [0.25, 0.3) is 5.89 Å². The van der Waals surface area contributed by atoms with Crippen LogP contribution in [0.25, 0.3) is 11.5 Å². The van der Waals surface area contributed by atoms with Crippen LogP contribution >= 0.6 is 11.8 Å². The van der Waals surface area contributed by atoms with Gasteiger partial charge in [-0.25, -0.2) is 4.39 Å². The molecule has 0 fully saturated rings. The molecule has 0 aliphatic heterocycles. The van der Waals surface area contributed by atoms with Crippen molar-refractivity contribution in [3.05, 3.63) is 71.3 Å². The SMILES string of the molecule is CSCc1ccccc1C(=O)c1noc(-c2ccc(F)cc2)n1. The third-order valence-electron chi connectivity index (χ3n) is 3.28. The number of rotatable bonds is 5. The first kappa shape index (κ1) is 15.4. The Balaban J connectivity index is 1.91. The maximum Gasteiger partial charge on any atom is 0.258 e. The monoisotopic (exact) mass is 328 g/mol. The van der Waals surface area contributed by atoms with Gasteiger partial charge in [0.05, 0.1) is 0 Å². The van der Waals surface area contributed by atoms with Gasteiger partial charge in [0, 0.05) is 16.9 Å². The standard InChI is InChI=1S/C17H13FN2O2S/c1-23-10-12-4-2-3-5-14(12)15(21)16-19-17(22-20-16)11-6-8-13(18)9-7-11/h2-9H,10H2,1H3. The number of carbonyl (C=O) groups excluding carboxylic acids is 1. The van der Waals surface area contributed by atoms with Gasteiger partial charge in [0.2, 0.25) is 11.6 Å². The van der Waals surface area contributed by atoms with Gasteiger partial charge < -0.3 is 4.52 Å². The molecule has 23 heavy (non-hydrogen) atoms. The van der Waals surface area contributed by atoms with Crippen LogP contribution in [-0.4, -0.2) is 22.2 Å². The van der Waals surface area contributed by atoms with E-state index in [0.29, 0.717) is 11.1 Å². The van der Waals surface area contributed by atoms with Gasteiger partial charge in [0.15, 0.2) is 0 Å². The first-order chi connectivity index (χ1) is 11.2. The van der Waals surface area contributed by atoms with Gasteiger partial charge >= 0.3 is 0 Å². The first-order valence-corrected chi connectivity index (χ1v) is 8.29. The fourth-order valence-corrected chi connectivity index (χ4v) is 2.73. The predicted molar refractivity (Wildman–Crippen MR) is 86.8 cm³/mol. The van der Waals surface area contributed by atoms with Gasteiger partial charge in [-0.1, -0.05) is 29.4 Å². The molecule has 0 amide bonds. The van der Waals surface area contributed by atoms with Gasteiger partial charge in [-0.2, -0.15) is 16.7 Å². The van der Waals surface area contributed by atoms with Crippen LogP contribution in [0.1, 0.15) is 21.7 Å². The number of hydrogen-bond acceptors (Lipinski definition) is 5. The molecule has 0 aliphatic carbocycles. The summed E-state index contributed by atoms with van der Waals surface area (Å²) in [5, 5.41) is 3.76. The maximum absolute atomic E-state index is 13.0. The van der Waals surface area contributed by atoms with E-state index in [1.165, 1.54) is 24.3 Å². The van der Waals surface area contributed by atoms with Crippen LogP contribution < -0.4 is 0 Å². The zero-order valence-corrected chi connectivity index (χ0v) is 13.1. The zero-order valence-electron chi connectivity index (χ0n) is 12.3. The van der Waals surface area contributed by atoms with Crippen molar-refractivity contribution < 1.29 is 13.7 Å². The Hall–Kier alpha value is -2.47. The van der Waals surface area contributed by atoms with Crippen LogP contribution in [0.15, 0.2) is 53.1 Å². The van der Waals surface area contributed by atoms with Crippen LogP contribution in [0.3, 0.4) is 0 Å². The summed E-state index contributed by atoms with van der Waals surface area (Å²) in [6, 6.07) is 13.0. The number of halogens is 1. The number of nitrogens with zero attached hydrogens (tertiary/aromatic N) is 2. The van der Waals surface area contributed by atoms with Crippen molar-refractivity contribution in [1.29, 1.82) is 0 Å². The first-order valence-electron chi connectivity index (χ1n) is 6.90. The summed E-state index contributed by atoms with van der Waals surface area (Å²) in [4.78, 5) is 16.7. The van der Waals surface area contributed by atoms with E-state index < -0.39 is 0 Å². The smallest absolute Gasteiger partial charge is 0.258 e. The molecule has 2 aromatic carbocycles. The number of carbonyl (C=O) groups is 1. The Morgan fingerprint density at radius 2 is 1.91 bits per heavy atom. The summed E-state index contributed by atoms with van der Waals surface area (Å²) in [5.41, 5.74) is 2.06. The van der Waals surface area contributed by atoms with Gasteiger partial charge in [-0.3, -0.25) is 4.79 Å². The third-order valence-corrected chi connectivity index (χ3v) is 3.88. The zero-order chi connectivity index (χ0) is 16.2. The molecule has 0 spiro atoms. The predicted octanol–water partition coefficient (Wildman–Crippen LogP) is 3.97. The topological polar surface area (TPSA) is 56.0 Å². The number of thioether (sulfide) groups is 1. The van der Waals surface area contributed by atoms with Crippen LogP contribution in [0.2, 0.25) is 0 Å². The molecule has 0 aliphatic rings. The minimum Gasteiger partial charge on any atom is -0.333 e. The number of aromatic nitrogens is 2. The van der Waals surface area contributed by atoms with E-state index in [1.807, 2.05) is 18.4 Å². The van der Waals surface area contributed by atoms with Crippen LogP contribution in [-0.2, 0) is 5.75 Å². The largest absolute Gasteiger partial charge is 0.333 e. The minimum atomic E-state index is -0.351. The molecule has 0 N–H and O–H groups in total. The molecule has 1 heterocycles. The maximum atomic E-state index is 13.0. The summed E-state index contributed by atoms with van der Waals surface area (Å²) in [6.07, 6.45) is 1.97. The molecular formula is C17H13FN2O2S. The summed E-state index contributed by atoms with van der Waals surface area (Å²) in [7, 11) is 0. The highest BCUT2D eigenvalue weighted by Crippen LogP contribution is 2.21. The van der Waals surface area contributed by atoms with Crippen LogP contribution in [0.5, 0.6) is 0 Å². The van der Waals surface area contributed by atoms with E-state index in [9.17, 15) is 9.18 Å². The summed E-state index contributed by atoms with van der Waals surface area (Å²) in [6.45, 7) is 0. The molecular weight excluding hydrogens is 315 g/mol. The molecule has 0 radical (unpaired) electrons. The van der Waals surface area contributed by atoms with E-state index in [4.69, 9.17) is 4.52 Å². The lowest BCUT2D eigenvalue weighted by molar-refractivity contribution is 0.102. The normalized spacial score (nSPS) is 10.7. The molecule has 3 rings (SSSR count).